The number of aryl methyl sites for hydroxylation is 1. The smallest absolute Gasteiger partial charge is 0.275 e. The molecular weight excluding hydrogens is 394 g/mol. The molecule has 3 aromatic rings. The van der Waals surface area contributed by atoms with E-state index in [0.29, 0.717) is 61.7 Å². The van der Waals surface area contributed by atoms with Crippen LogP contribution in [0.5, 0.6) is 0 Å². The molecule has 8 nitrogen and oxygen atoms in total. The number of likely N-dealkylation sites (tertiary alicyclic amines) is 1. The first-order chi connectivity index (χ1) is 14.1. The summed E-state index contributed by atoms with van der Waals surface area (Å²) in [5.41, 5.74) is 3.03. The third kappa shape index (κ3) is 3.77. The number of benzene rings is 1. The van der Waals surface area contributed by atoms with E-state index >= 15 is 0 Å². The molecule has 0 N–H and O–H groups in total. The van der Waals surface area contributed by atoms with E-state index in [-0.39, 0.29) is 5.91 Å². The lowest BCUT2D eigenvalue weighted by Crippen LogP contribution is -2.47. The van der Waals surface area contributed by atoms with Crippen LogP contribution >= 0.6 is 11.8 Å². The summed E-state index contributed by atoms with van der Waals surface area (Å²) in [4.78, 5) is 23.3. The standard InChI is InChI=1S/C20H21N3O5S/c1-13-2-3-16-14(10-13)22-19(28-16)29-12-17-21-15(11-25-17)18(24)23-6-4-20(5-7-23)26-8-9-27-20/h2-3,10-11H,4-9,12H2,1H3. The topological polar surface area (TPSA) is 90.8 Å². The highest BCUT2D eigenvalue weighted by Crippen LogP contribution is 2.32. The van der Waals surface area contributed by atoms with Gasteiger partial charge in [-0.3, -0.25) is 4.79 Å². The molecule has 0 atom stereocenters. The minimum atomic E-state index is -0.499. The maximum atomic E-state index is 12.7. The number of aromatic nitrogens is 2. The Morgan fingerprint density at radius 3 is 2.79 bits per heavy atom. The van der Waals surface area contributed by atoms with Crippen LogP contribution in [0.25, 0.3) is 11.1 Å². The van der Waals surface area contributed by atoms with Gasteiger partial charge in [-0.05, 0) is 24.6 Å². The van der Waals surface area contributed by atoms with Gasteiger partial charge in [-0.2, -0.15) is 0 Å². The predicted molar refractivity (Wildman–Crippen MR) is 105 cm³/mol. The first kappa shape index (κ1) is 18.7. The van der Waals surface area contributed by atoms with Gasteiger partial charge in [0.15, 0.2) is 17.1 Å². The largest absolute Gasteiger partial charge is 0.447 e. The number of ether oxygens (including phenoxy) is 2. The summed E-state index contributed by atoms with van der Waals surface area (Å²) in [5.74, 6) is 0.271. The van der Waals surface area contributed by atoms with E-state index < -0.39 is 5.79 Å². The normalized spacial score (nSPS) is 18.7. The summed E-state index contributed by atoms with van der Waals surface area (Å²) in [6, 6.07) is 5.88. The molecule has 29 heavy (non-hydrogen) atoms. The number of fused-ring (bicyclic) bond motifs is 1. The number of rotatable bonds is 4. The molecule has 0 saturated carbocycles. The molecule has 1 aromatic carbocycles. The van der Waals surface area contributed by atoms with Gasteiger partial charge in [-0.15, -0.1) is 0 Å². The van der Waals surface area contributed by atoms with Crippen molar-refractivity contribution in [2.24, 2.45) is 0 Å². The number of hydrogen-bond acceptors (Lipinski definition) is 8. The first-order valence-corrected chi connectivity index (χ1v) is 10.6. The summed E-state index contributed by atoms with van der Waals surface area (Å²) in [6.45, 7) is 4.42. The lowest BCUT2D eigenvalue weighted by atomic mass is 10.0. The Kier molecular flexibility index (Phi) is 4.81. The second-order valence-electron chi connectivity index (χ2n) is 7.27. The molecule has 0 radical (unpaired) electrons. The van der Waals surface area contributed by atoms with Crippen LogP contribution in [0.1, 0.15) is 34.8 Å². The number of carbonyl (C=O) groups is 1. The van der Waals surface area contributed by atoms with Crippen molar-refractivity contribution in [1.29, 1.82) is 0 Å². The summed E-state index contributed by atoms with van der Waals surface area (Å²) in [5, 5.41) is 0.551. The lowest BCUT2D eigenvalue weighted by molar-refractivity contribution is -0.181. The van der Waals surface area contributed by atoms with Crippen molar-refractivity contribution in [3.05, 3.63) is 41.6 Å². The van der Waals surface area contributed by atoms with Gasteiger partial charge in [0.25, 0.3) is 11.1 Å². The van der Waals surface area contributed by atoms with Crippen molar-refractivity contribution in [2.75, 3.05) is 26.3 Å². The van der Waals surface area contributed by atoms with Gasteiger partial charge in [0.1, 0.15) is 11.8 Å². The Morgan fingerprint density at radius 1 is 1.21 bits per heavy atom. The highest BCUT2D eigenvalue weighted by Gasteiger charge is 2.41. The molecule has 5 rings (SSSR count). The van der Waals surface area contributed by atoms with Crippen molar-refractivity contribution in [3.63, 3.8) is 0 Å². The van der Waals surface area contributed by atoms with E-state index in [1.54, 1.807) is 4.90 Å². The summed E-state index contributed by atoms with van der Waals surface area (Å²) < 4.78 is 22.6. The lowest BCUT2D eigenvalue weighted by Gasteiger charge is -2.37. The Hall–Kier alpha value is -2.36. The number of oxazole rings is 2. The van der Waals surface area contributed by atoms with Gasteiger partial charge in [-0.1, -0.05) is 17.8 Å². The van der Waals surface area contributed by atoms with Crippen molar-refractivity contribution in [2.45, 2.75) is 36.5 Å². The van der Waals surface area contributed by atoms with E-state index in [0.717, 1.165) is 16.7 Å². The Labute approximate surface area is 171 Å². The molecule has 0 aliphatic carbocycles. The van der Waals surface area contributed by atoms with E-state index in [9.17, 15) is 4.79 Å². The number of thioether (sulfide) groups is 1. The number of hydrogen-bond donors (Lipinski definition) is 0. The van der Waals surface area contributed by atoms with Crippen LogP contribution in [0.15, 0.2) is 38.5 Å². The van der Waals surface area contributed by atoms with Gasteiger partial charge in [0, 0.05) is 25.9 Å². The predicted octanol–water partition coefficient (Wildman–Crippen LogP) is 3.40. The minimum Gasteiger partial charge on any atom is -0.447 e. The summed E-state index contributed by atoms with van der Waals surface area (Å²) in [6.07, 6.45) is 2.77. The third-order valence-electron chi connectivity index (χ3n) is 5.24. The summed E-state index contributed by atoms with van der Waals surface area (Å²) >= 11 is 1.39. The van der Waals surface area contributed by atoms with Crippen LogP contribution in [0.3, 0.4) is 0 Å². The average molecular weight is 415 g/mol. The fourth-order valence-electron chi connectivity index (χ4n) is 3.68. The van der Waals surface area contributed by atoms with Gasteiger partial charge >= 0.3 is 0 Å². The molecule has 0 unspecified atom stereocenters. The van der Waals surface area contributed by atoms with Gasteiger partial charge in [-0.25, -0.2) is 9.97 Å². The zero-order valence-electron chi connectivity index (χ0n) is 16.1. The van der Waals surface area contributed by atoms with Gasteiger partial charge in [0.05, 0.1) is 19.0 Å². The van der Waals surface area contributed by atoms with E-state index in [2.05, 4.69) is 9.97 Å². The Balaban J connectivity index is 1.19. The molecule has 4 heterocycles. The highest BCUT2D eigenvalue weighted by molar-refractivity contribution is 7.98. The van der Waals surface area contributed by atoms with E-state index in [1.165, 1.54) is 18.0 Å². The molecule has 152 valence electrons. The van der Waals surface area contributed by atoms with Crippen molar-refractivity contribution in [1.82, 2.24) is 14.9 Å². The van der Waals surface area contributed by atoms with Crippen LogP contribution < -0.4 is 0 Å². The van der Waals surface area contributed by atoms with Gasteiger partial charge in [0.2, 0.25) is 5.89 Å². The van der Waals surface area contributed by atoms with Crippen LogP contribution in [-0.4, -0.2) is 52.9 Å². The monoisotopic (exact) mass is 415 g/mol. The second kappa shape index (κ2) is 7.47. The molecule has 0 bridgehead atoms. The summed E-state index contributed by atoms with van der Waals surface area (Å²) in [7, 11) is 0. The van der Waals surface area contributed by atoms with Crippen molar-refractivity contribution in [3.8, 4) is 0 Å². The molecule has 2 saturated heterocycles. The Morgan fingerprint density at radius 2 is 2.00 bits per heavy atom. The quantitative estimate of drug-likeness (QED) is 0.599. The van der Waals surface area contributed by atoms with Crippen LogP contribution in [-0.2, 0) is 15.2 Å². The fraction of sp³-hybridized carbons (Fsp3) is 0.450. The van der Waals surface area contributed by atoms with Crippen molar-refractivity contribution >= 4 is 28.8 Å². The molecule has 1 amide bonds. The Bertz CT molecular complexity index is 1030. The first-order valence-electron chi connectivity index (χ1n) is 9.62. The highest BCUT2D eigenvalue weighted by atomic mass is 32.2. The zero-order chi connectivity index (χ0) is 19.8. The third-order valence-corrected chi connectivity index (χ3v) is 6.05. The molecule has 2 aromatic heterocycles. The molecule has 2 aliphatic rings. The minimum absolute atomic E-state index is 0.129. The van der Waals surface area contributed by atoms with Crippen molar-refractivity contribution < 1.29 is 23.1 Å². The van der Waals surface area contributed by atoms with Crippen LogP contribution in [0.2, 0.25) is 0 Å². The van der Waals surface area contributed by atoms with Crippen LogP contribution in [0.4, 0.5) is 0 Å². The molecule has 2 fully saturated rings. The van der Waals surface area contributed by atoms with E-state index in [4.69, 9.17) is 18.3 Å². The zero-order valence-corrected chi connectivity index (χ0v) is 16.9. The molecule has 9 heteroatoms. The van der Waals surface area contributed by atoms with Gasteiger partial charge < -0.3 is 23.2 Å². The number of carbonyl (C=O) groups excluding carboxylic acids is 1. The second-order valence-corrected chi connectivity index (χ2v) is 8.19. The maximum absolute atomic E-state index is 12.7. The van der Waals surface area contributed by atoms with Crippen LogP contribution in [0, 0.1) is 6.92 Å². The average Bonchev–Trinajstić information content (AvgIpc) is 3.46. The SMILES string of the molecule is Cc1ccc2oc(SCc3nc(C(=O)N4CCC5(CC4)OCCO5)co3)nc2c1. The number of piperidine rings is 1. The molecular formula is C20H21N3O5S. The van der Waals surface area contributed by atoms with E-state index in [1.807, 2.05) is 25.1 Å². The fourth-order valence-corrected chi connectivity index (χ4v) is 4.37. The molecule has 1 spiro atoms. The number of amides is 1. The number of nitrogens with zero attached hydrogens (tertiary/aromatic N) is 3. The maximum Gasteiger partial charge on any atom is 0.275 e. The molecule has 2 aliphatic heterocycles.